The first-order valence-corrected chi connectivity index (χ1v) is 5.79. The van der Waals surface area contributed by atoms with Gasteiger partial charge in [-0.15, -0.1) is 0 Å². The Morgan fingerprint density at radius 2 is 1.89 bits per heavy atom. The standard InChI is InChI=1S/C15H12N2O/c1-11-5-7-12(8-6-11)15(18)13-3-2-4-14-16-9-10-17(13)14/h2-10H,1H3. The van der Waals surface area contributed by atoms with Crippen molar-refractivity contribution in [3.63, 3.8) is 0 Å². The lowest BCUT2D eigenvalue weighted by molar-refractivity contribution is 0.103. The Morgan fingerprint density at radius 3 is 2.67 bits per heavy atom. The van der Waals surface area contributed by atoms with Gasteiger partial charge >= 0.3 is 0 Å². The predicted octanol–water partition coefficient (Wildman–Crippen LogP) is 2.87. The van der Waals surface area contributed by atoms with Crippen LogP contribution in [0.2, 0.25) is 0 Å². The van der Waals surface area contributed by atoms with Crippen molar-refractivity contribution in [2.75, 3.05) is 0 Å². The van der Waals surface area contributed by atoms with Crippen LogP contribution < -0.4 is 0 Å². The molecule has 0 aliphatic carbocycles. The second kappa shape index (κ2) is 4.11. The minimum atomic E-state index is 0.0126. The monoisotopic (exact) mass is 236 g/mol. The SMILES string of the molecule is Cc1ccc(C(=O)c2cccc3nccn23)cc1. The summed E-state index contributed by atoms with van der Waals surface area (Å²) >= 11 is 0. The summed E-state index contributed by atoms with van der Waals surface area (Å²) in [6.45, 7) is 2.00. The highest BCUT2D eigenvalue weighted by molar-refractivity contribution is 6.08. The number of benzene rings is 1. The lowest BCUT2D eigenvalue weighted by Crippen LogP contribution is -2.07. The minimum Gasteiger partial charge on any atom is -0.296 e. The van der Waals surface area contributed by atoms with E-state index in [1.165, 1.54) is 0 Å². The van der Waals surface area contributed by atoms with E-state index >= 15 is 0 Å². The van der Waals surface area contributed by atoms with Crippen LogP contribution in [0, 0.1) is 6.92 Å². The van der Waals surface area contributed by atoms with Crippen molar-refractivity contribution in [1.82, 2.24) is 9.38 Å². The Hall–Kier alpha value is -2.42. The van der Waals surface area contributed by atoms with Gasteiger partial charge in [-0.1, -0.05) is 35.9 Å². The summed E-state index contributed by atoms with van der Waals surface area (Å²) in [6.07, 6.45) is 3.50. The number of carbonyl (C=O) groups excluding carboxylic acids is 1. The van der Waals surface area contributed by atoms with Crippen molar-refractivity contribution in [2.24, 2.45) is 0 Å². The fraction of sp³-hybridized carbons (Fsp3) is 0.0667. The third-order valence-corrected chi connectivity index (χ3v) is 2.97. The number of rotatable bonds is 2. The molecule has 3 nitrogen and oxygen atoms in total. The number of aryl methyl sites for hydroxylation is 1. The first kappa shape index (κ1) is 10.7. The molecule has 18 heavy (non-hydrogen) atoms. The molecule has 0 saturated carbocycles. The van der Waals surface area contributed by atoms with Crippen LogP contribution in [0.15, 0.2) is 54.9 Å². The highest BCUT2D eigenvalue weighted by atomic mass is 16.1. The highest BCUT2D eigenvalue weighted by Crippen LogP contribution is 2.12. The van der Waals surface area contributed by atoms with E-state index in [4.69, 9.17) is 0 Å². The largest absolute Gasteiger partial charge is 0.296 e. The molecule has 0 unspecified atom stereocenters. The zero-order valence-electron chi connectivity index (χ0n) is 10.00. The molecule has 3 aromatic rings. The second-order valence-electron chi connectivity index (χ2n) is 4.26. The van der Waals surface area contributed by atoms with E-state index in [1.807, 2.05) is 53.8 Å². The Labute approximate surface area is 105 Å². The van der Waals surface area contributed by atoms with Crippen molar-refractivity contribution in [3.05, 3.63) is 71.7 Å². The van der Waals surface area contributed by atoms with Crippen LogP contribution in [0.1, 0.15) is 21.6 Å². The molecule has 0 spiro atoms. The van der Waals surface area contributed by atoms with Gasteiger partial charge in [0.1, 0.15) is 5.65 Å². The van der Waals surface area contributed by atoms with E-state index in [2.05, 4.69) is 4.98 Å². The van der Waals surface area contributed by atoms with E-state index in [0.29, 0.717) is 11.3 Å². The molecule has 3 rings (SSSR count). The maximum atomic E-state index is 12.4. The topological polar surface area (TPSA) is 34.4 Å². The minimum absolute atomic E-state index is 0.0126. The Kier molecular flexibility index (Phi) is 2.45. The van der Waals surface area contributed by atoms with Gasteiger partial charge in [-0.2, -0.15) is 0 Å². The zero-order valence-corrected chi connectivity index (χ0v) is 10.00. The summed E-state index contributed by atoms with van der Waals surface area (Å²) in [4.78, 5) is 16.6. The summed E-state index contributed by atoms with van der Waals surface area (Å²) < 4.78 is 1.81. The highest BCUT2D eigenvalue weighted by Gasteiger charge is 2.12. The molecule has 0 atom stereocenters. The molecule has 0 aliphatic heterocycles. The van der Waals surface area contributed by atoms with Crippen molar-refractivity contribution in [3.8, 4) is 0 Å². The fourth-order valence-corrected chi connectivity index (χ4v) is 1.99. The number of ketones is 1. The maximum absolute atomic E-state index is 12.4. The van der Waals surface area contributed by atoms with Gasteiger partial charge in [0.15, 0.2) is 0 Å². The molecule has 88 valence electrons. The number of pyridine rings is 1. The first-order chi connectivity index (χ1) is 8.75. The second-order valence-corrected chi connectivity index (χ2v) is 4.26. The molecule has 0 radical (unpaired) electrons. The molecule has 2 heterocycles. The lowest BCUT2D eigenvalue weighted by Gasteiger charge is -2.04. The van der Waals surface area contributed by atoms with E-state index in [-0.39, 0.29) is 5.78 Å². The van der Waals surface area contributed by atoms with E-state index in [9.17, 15) is 4.79 Å². The van der Waals surface area contributed by atoms with Crippen LogP contribution in [-0.4, -0.2) is 15.2 Å². The van der Waals surface area contributed by atoms with Crippen LogP contribution in [0.25, 0.3) is 5.65 Å². The average Bonchev–Trinajstić information content (AvgIpc) is 2.87. The van der Waals surface area contributed by atoms with Crippen LogP contribution in [0.3, 0.4) is 0 Å². The molecule has 0 saturated heterocycles. The van der Waals surface area contributed by atoms with Crippen molar-refractivity contribution in [2.45, 2.75) is 6.92 Å². The van der Waals surface area contributed by atoms with Gasteiger partial charge in [0, 0.05) is 18.0 Å². The average molecular weight is 236 g/mol. The lowest BCUT2D eigenvalue weighted by atomic mass is 10.1. The summed E-state index contributed by atoms with van der Waals surface area (Å²) in [5, 5.41) is 0. The number of carbonyl (C=O) groups is 1. The Morgan fingerprint density at radius 1 is 1.11 bits per heavy atom. The molecular formula is C15H12N2O. The van der Waals surface area contributed by atoms with Crippen LogP contribution >= 0.6 is 0 Å². The number of hydrogen-bond donors (Lipinski definition) is 0. The maximum Gasteiger partial charge on any atom is 0.209 e. The number of imidazole rings is 1. The quantitative estimate of drug-likeness (QED) is 0.641. The smallest absolute Gasteiger partial charge is 0.209 e. The summed E-state index contributed by atoms with van der Waals surface area (Å²) in [5.74, 6) is 0.0126. The molecule has 0 bridgehead atoms. The van der Waals surface area contributed by atoms with E-state index in [0.717, 1.165) is 11.2 Å². The van der Waals surface area contributed by atoms with Gasteiger partial charge in [-0.3, -0.25) is 9.20 Å². The molecular weight excluding hydrogens is 224 g/mol. The van der Waals surface area contributed by atoms with Crippen LogP contribution in [-0.2, 0) is 0 Å². The van der Waals surface area contributed by atoms with Crippen molar-refractivity contribution in [1.29, 1.82) is 0 Å². The number of aromatic nitrogens is 2. The third kappa shape index (κ3) is 1.70. The van der Waals surface area contributed by atoms with E-state index < -0.39 is 0 Å². The van der Waals surface area contributed by atoms with Gasteiger partial charge in [0.2, 0.25) is 5.78 Å². The van der Waals surface area contributed by atoms with Gasteiger partial charge in [0.25, 0.3) is 0 Å². The fourth-order valence-electron chi connectivity index (χ4n) is 1.99. The number of fused-ring (bicyclic) bond motifs is 1. The van der Waals surface area contributed by atoms with Gasteiger partial charge in [-0.25, -0.2) is 4.98 Å². The van der Waals surface area contributed by atoms with E-state index in [1.54, 1.807) is 12.4 Å². The number of nitrogens with zero attached hydrogens (tertiary/aromatic N) is 2. The van der Waals surface area contributed by atoms with Gasteiger partial charge in [0.05, 0.1) is 5.69 Å². The molecule has 2 aromatic heterocycles. The first-order valence-electron chi connectivity index (χ1n) is 5.79. The summed E-state index contributed by atoms with van der Waals surface area (Å²) in [6, 6.07) is 13.1. The molecule has 0 fully saturated rings. The van der Waals surface area contributed by atoms with Crippen LogP contribution in [0.5, 0.6) is 0 Å². The molecule has 1 aromatic carbocycles. The molecule has 3 heteroatoms. The normalized spacial score (nSPS) is 10.7. The summed E-state index contributed by atoms with van der Waals surface area (Å²) in [5.41, 5.74) is 3.26. The Bertz CT molecular complexity index is 711. The van der Waals surface area contributed by atoms with Gasteiger partial charge < -0.3 is 0 Å². The van der Waals surface area contributed by atoms with Crippen LogP contribution in [0.4, 0.5) is 0 Å². The Balaban J connectivity index is 2.12. The molecule has 0 N–H and O–H groups in total. The van der Waals surface area contributed by atoms with Crippen molar-refractivity contribution < 1.29 is 4.79 Å². The third-order valence-electron chi connectivity index (χ3n) is 2.97. The molecule has 0 amide bonds. The zero-order chi connectivity index (χ0) is 12.5. The predicted molar refractivity (Wildman–Crippen MR) is 69.8 cm³/mol. The van der Waals surface area contributed by atoms with Gasteiger partial charge in [-0.05, 0) is 19.1 Å². The van der Waals surface area contributed by atoms with Crippen molar-refractivity contribution >= 4 is 11.4 Å². The number of hydrogen-bond acceptors (Lipinski definition) is 2. The molecule has 0 aliphatic rings. The summed E-state index contributed by atoms with van der Waals surface area (Å²) in [7, 11) is 0.